The van der Waals surface area contributed by atoms with Gasteiger partial charge in [0.1, 0.15) is 11.3 Å². The molecule has 0 bridgehead atoms. The highest BCUT2D eigenvalue weighted by atomic mass is 19.4. The molecule has 1 fully saturated rings. The largest absolute Gasteiger partial charge is 0.416 e. The van der Waals surface area contributed by atoms with E-state index >= 15 is 0 Å². The lowest BCUT2D eigenvalue weighted by Gasteiger charge is -2.37. The third-order valence-corrected chi connectivity index (χ3v) is 8.88. The molecule has 5 heterocycles. The molecule has 42 heavy (non-hydrogen) atoms. The second kappa shape index (κ2) is 9.43. The van der Waals surface area contributed by atoms with Crippen molar-refractivity contribution in [3.8, 4) is 0 Å². The molecular weight excluding hydrogens is 550 g/mol. The van der Waals surface area contributed by atoms with Crippen molar-refractivity contribution in [3.63, 3.8) is 0 Å². The molecule has 11 heteroatoms. The first-order valence-electron chi connectivity index (χ1n) is 14.2. The number of hydrogen-bond acceptors (Lipinski definition) is 3. The average molecular weight is 580 g/mol. The molecule has 1 saturated heterocycles. The van der Waals surface area contributed by atoms with Gasteiger partial charge in [-0.3, -0.25) is 9.20 Å². The van der Waals surface area contributed by atoms with Crippen molar-refractivity contribution in [1.29, 1.82) is 0 Å². The fourth-order valence-electron chi connectivity index (χ4n) is 6.61. The molecule has 0 unspecified atom stereocenters. The van der Waals surface area contributed by atoms with E-state index in [1.165, 1.54) is 6.92 Å². The summed E-state index contributed by atoms with van der Waals surface area (Å²) < 4.78 is 60.7. The van der Waals surface area contributed by atoms with E-state index in [0.29, 0.717) is 64.0 Å². The Labute approximate surface area is 239 Å². The lowest BCUT2D eigenvalue weighted by atomic mass is 9.96. The van der Waals surface area contributed by atoms with Crippen LogP contribution in [0.1, 0.15) is 55.0 Å². The van der Waals surface area contributed by atoms with E-state index in [4.69, 9.17) is 0 Å². The van der Waals surface area contributed by atoms with Gasteiger partial charge >= 0.3 is 12.2 Å². The lowest BCUT2D eigenvalue weighted by Crippen LogP contribution is -2.49. The number of urea groups is 1. The van der Waals surface area contributed by atoms with Gasteiger partial charge in [-0.05, 0) is 61.6 Å². The second-order valence-electron chi connectivity index (χ2n) is 11.7. The van der Waals surface area contributed by atoms with Gasteiger partial charge in [-0.1, -0.05) is 6.07 Å². The number of pyridine rings is 1. The molecular formula is C31H29F4N5O2. The van der Waals surface area contributed by atoms with Gasteiger partial charge in [0.15, 0.2) is 5.78 Å². The van der Waals surface area contributed by atoms with E-state index in [9.17, 15) is 27.2 Å². The van der Waals surface area contributed by atoms with Crippen LogP contribution >= 0.6 is 0 Å². The zero-order valence-electron chi connectivity index (χ0n) is 23.0. The van der Waals surface area contributed by atoms with Crippen molar-refractivity contribution < 1.29 is 27.2 Å². The minimum atomic E-state index is -4.60. The van der Waals surface area contributed by atoms with Crippen LogP contribution in [0.25, 0.3) is 27.7 Å². The molecule has 2 aliphatic heterocycles. The summed E-state index contributed by atoms with van der Waals surface area (Å²) in [6.07, 6.45) is 1.81. The average Bonchev–Trinajstić information content (AvgIpc) is 3.60. The number of amides is 2. The number of likely N-dealkylation sites (tertiary alicyclic amines) is 1. The van der Waals surface area contributed by atoms with Gasteiger partial charge < -0.3 is 14.4 Å². The first-order chi connectivity index (χ1) is 20.0. The van der Waals surface area contributed by atoms with Gasteiger partial charge in [-0.2, -0.15) is 13.2 Å². The quantitative estimate of drug-likeness (QED) is 0.261. The summed E-state index contributed by atoms with van der Waals surface area (Å²) in [4.78, 5) is 34.2. The topological polar surface area (TPSA) is 62.9 Å². The van der Waals surface area contributed by atoms with Gasteiger partial charge in [-0.25, -0.2) is 14.2 Å². The van der Waals surface area contributed by atoms with Crippen molar-refractivity contribution >= 4 is 39.5 Å². The Morgan fingerprint density at radius 1 is 1.02 bits per heavy atom. The first-order valence-corrected chi connectivity index (χ1v) is 14.2. The number of allylic oxidation sites excluding steroid dienone is 2. The van der Waals surface area contributed by atoms with E-state index in [2.05, 4.69) is 4.98 Å². The molecule has 0 radical (unpaired) electrons. The number of carbonyl (C=O) groups excluding carboxylic acids is 2. The molecule has 2 amide bonds. The molecule has 0 saturated carbocycles. The van der Waals surface area contributed by atoms with Gasteiger partial charge in [0.2, 0.25) is 0 Å². The number of imidazole rings is 1. The number of nitrogens with zero attached hydrogens (tertiary/aromatic N) is 5. The maximum Gasteiger partial charge on any atom is 0.416 e. The summed E-state index contributed by atoms with van der Waals surface area (Å²) in [6.45, 7) is 2.74. The molecule has 7 nitrogen and oxygen atoms in total. The molecule has 3 aliphatic rings. The van der Waals surface area contributed by atoms with E-state index in [-0.39, 0.29) is 50.7 Å². The number of halogens is 4. The second-order valence-corrected chi connectivity index (χ2v) is 11.7. The number of benzene rings is 1. The maximum atomic E-state index is 14.4. The van der Waals surface area contributed by atoms with Crippen LogP contribution in [-0.4, -0.2) is 60.9 Å². The van der Waals surface area contributed by atoms with Gasteiger partial charge in [0, 0.05) is 68.1 Å². The third kappa shape index (κ3) is 4.37. The predicted molar refractivity (Wildman–Crippen MR) is 149 cm³/mol. The Morgan fingerprint density at radius 3 is 2.57 bits per heavy atom. The number of Topliss-reactive ketones (excluding diaryl/α,β-unsaturated/α-hetero) is 1. The number of piperidine rings is 1. The van der Waals surface area contributed by atoms with Crippen molar-refractivity contribution in [2.45, 2.75) is 57.5 Å². The van der Waals surface area contributed by atoms with Crippen LogP contribution < -0.4 is 0 Å². The molecule has 1 aliphatic carbocycles. The van der Waals surface area contributed by atoms with Gasteiger partial charge in [-0.15, -0.1) is 0 Å². The van der Waals surface area contributed by atoms with E-state index in [0.717, 1.165) is 12.1 Å². The normalized spacial score (nSPS) is 19.3. The number of aromatic nitrogens is 3. The Bertz CT molecular complexity index is 1790. The lowest BCUT2D eigenvalue weighted by molar-refractivity contribution is -0.137. The Balaban J connectivity index is 1.35. The monoisotopic (exact) mass is 579 g/mol. The summed E-state index contributed by atoms with van der Waals surface area (Å²) in [5.41, 5.74) is 1.97. The first kappa shape index (κ1) is 26.7. The molecule has 0 atom stereocenters. The van der Waals surface area contributed by atoms with Crippen molar-refractivity contribution in [1.82, 2.24) is 23.8 Å². The fourth-order valence-corrected chi connectivity index (χ4v) is 6.61. The molecule has 3 aromatic heterocycles. The van der Waals surface area contributed by atoms with Gasteiger partial charge in [0.05, 0.1) is 23.0 Å². The molecule has 4 aromatic rings. The highest BCUT2D eigenvalue weighted by Crippen LogP contribution is 2.44. The van der Waals surface area contributed by atoms with Crippen molar-refractivity contribution in [2.24, 2.45) is 0 Å². The van der Waals surface area contributed by atoms with Gasteiger partial charge in [0.25, 0.3) is 0 Å². The summed E-state index contributed by atoms with van der Waals surface area (Å²) >= 11 is 0. The van der Waals surface area contributed by atoms with Crippen LogP contribution in [0.3, 0.4) is 0 Å². The number of ketones is 1. The minimum Gasteiger partial charge on any atom is -0.345 e. The highest BCUT2D eigenvalue weighted by molar-refractivity contribution is 6.31. The summed E-state index contributed by atoms with van der Waals surface area (Å²) in [5.74, 6) is -0.0708. The number of fused-ring (bicyclic) bond motifs is 1. The highest BCUT2D eigenvalue weighted by Gasteiger charge is 2.37. The van der Waals surface area contributed by atoms with Crippen molar-refractivity contribution in [2.75, 3.05) is 19.6 Å². The SMILES string of the molecule is CC1(F)CCN(C(=O)N2CCn3cc(C4=C(c5cnc6ccccn56)C(=O)CC4)c4cc(C(F)(F)F)cc(c43)C2)CC1. The third-order valence-electron chi connectivity index (χ3n) is 8.88. The maximum absolute atomic E-state index is 14.4. The summed E-state index contributed by atoms with van der Waals surface area (Å²) in [6, 6.07) is 7.52. The molecule has 0 N–H and O–H groups in total. The smallest absolute Gasteiger partial charge is 0.345 e. The fraction of sp³-hybridized carbons (Fsp3) is 0.387. The summed E-state index contributed by atoms with van der Waals surface area (Å²) in [5, 5.41) is 0.413. The molecule has 7 rings (SSSR count). The van der Waals surface area contributed by atoms with Crippen LogP contribution in [0.15, 0.2) is 48.9 Å². The number of hydrogen-bond donors (Lipinski definition) is 0. The summed E-state index contributed by atoms with van der Waals surface area (Å²) in [7, 11) is 0. The van der Waals surface area contributed by atoms with E-state index in [1.807, 2.05) is 39.6 Å². The van der Waals surface area contributed by atoms with Crippen LogP contribution in [0.4, 0.5) is 22.4 Å². The Kier molecular flexibility index (Phi) is 6.00. The van der Waals surface area contributed by atoms with Crippen LogP contribution in [-0.2, 0) is 24.1 Å². The Morgan fingerprint density at radius 2 is 1.81 bits per heavy atom. The van der Waals surface area contributed by atoms with Crippen LogP contribution in [0.2, 0.25) is 0 Å². The zero-order chi connectivity index (χ0) is 29.4. The minimum absolute atomic E-state index is 0.00416. The van der Waals surface area contributed by atoms with E-state index in [1.54, 1.807) is 16.0 Å². The molecule has 218 valence electrons. The number of carbonyl (C=O) groups is 2. The number of alkyl halides is 4. The Hall–Kier alpha value is -4.15. The van der Waals surface area contributed by atoms with Crippen LogP contribution in [0.5, 0.6) is 0 Å². The molecule has 0 spiro atoms. The number of rotatable bonds is 2. The predicted octanol–water partition coefficient (Wildman–Crippen LogP) is 6.34. The van der Waals surface area contributed by atoms with Crippen molar-refractivity contribution in [3.05, 3.63) is 71.3 Å². The van der Waals surface area contributed by atoms with Crippen LogP contribution in [0, 0.1) is 0 Å². The molecule has 1 aromatic carbocycles. The zero-order valence-corrected chi connectivity index (χ0v) is 23.0. The standard InChI is InChI=1S/C31H29F4N5O2/c1-30(32)7-10-37(11-8-30)29(42)39-13-12-38-18-23(22-15-20(31(33,34)35)14-19(17-39)28(22)38)21-5-6-25(41)27(21)24-16-36-26-4-2-3-9-40(24)26/h2-4,9,14-16,18H,5-8,10-13,17H2,1H3. The van der Waals surface area contributed by atoms with E-state index < -0.39 is 17.4 Å².